The molecule has 0 saturated carbocycles. The lowest BCUT2D eigenvalue weighted by Crippen LogP contribution is -3.28. The predicted molar refractivity (Wildman–Crippen MR) is 149 cm³/mol. The van der Waals surface area contributed by atoms with Crippen molar-refractivity contribution in [3.8, 4) is 11.5 Å². The van der Waals surface area contributed by atoms with E-state index >= 15 is 0 Å². The van der Waals surface area contributed by atoms with E-state index in [9.17, 15) is 14.7 Å². The molecule has 0 spiro atoms. The molecule has 5 rings (SSSR count). The Balaban J connectivity index is 1.08. The molecule has 2 amide bonds. The maximum atomic E-state index is 13.2. The second kappa shape index (κ2) is 12.0. The summed E-state index contributed by atoms with van der Waals surface area (Å²) in [5.41, 5.74) is 2.30. The number of hydrogen-bond donors (Lipinski definition) is 3. The quantitative estimate of drug-likeness (QED) is 0.246. The smallest absolute Gasteiger partial charge is 0.261 e. The average molecular weight is 532 g/mol. The van der Waals surface area contributed by atoms with Crippen molar-refractivity contribution in [3.63, 3.8) is 0 Å². The summed E-state index contributed by atoms with van der Waals surface area (Å²) in [5.74, 6) is 0.859. The Labute approximate surface area is 229 Å². The summed E-state index contributed by atoms with van der Waals surface area (Å²) in [5, 5.41) is 12.3. The molecule has 2 aliphatic rings. The van der Waals surface area contributed by atoms with Crippen molar-refractivity contribution in [2.24, 2.45) is 0 Å². The highest BCUT2D eigenvalue weighted by Crippen LogP contribution is 2.30. The van der Waals surface area contributed by atoms with Crippen LogP contribution in [-0.4, -0.2) is 87.5 Å². The Morgan fingerprint density at radius 3 is 2.28 bits per heavy atom. The zero-order chi connectivity index (χ0) is 27.4. The van der Waals surface area contributed by atoms with Gasteiger partial charge in [0, 0.05) is 16.5 Å². The number of hydrogen-bond acceptors (Lipinski definition) is 5. The number of nitrogens with one attached hydrogen (secondary N) is 2. The van der Waals surface area contributed by atoms with Gasteiger partial charge >= 0.3 is 0 Å². The lowest BCUT2D eigenvalue weighted by Gasteiger charge is -2.32. The maximum absolute atomic E-state index is 13.2. The number of nitrogens with zero attached hydrogens (tertiary/aromatic N) is 1. The topological polar surface area (TPSA) is 85.0 Å². The van der Waals surface area contributed by atoms with Crippen molar-refractivity contribution in [2.75, 3.05) is 59.5 Å². The van der Waals surface area contributed by atoms with E-state index in [4.69, 9.17) is 9.47 Å². The van der Waals surface area contributed by atoms with Crippen LogP contribution in [0, 0.1) is 0 Å². The van der Waals surface area contributed by atoms with E-state index < -0.39 is 6.10 Å². The predicted octanol–water partition coefficient (Wildman–Crippen LogP) is 0.396. The normalized spacial score (nSPS) is 19.7. The van der Waals surface area contributed by atoms with Gasteiger partial charge in [-0.2, -0.15) is 0 Å². The van der Waals surface area contributed by atoms with Crippen molar-refractivity contribution >= 4 is 22.6 Å². The first-order chi connectivity index (χ1) is 19.0. The number of allylic oxidation sites excluding steroid dienone is 1. The van der Waals surface area contributed by atoms with Crippen LogP contribution >= 0.6 is 0 Å². The molecule has 3 N–H and O–H groups in total. The SMILES string of the molecule is C=CCc1ccc(OC[C@@H](O)C[NH+]2CC[NH+](CCN3C(=O)c4cccc5cccc(c45)C3=O)CC2)c(OC)c1. The molecule has 8 nitrogen and oxygen atoms in total. The number of aliphatic hydroxyl groups excluding tert-OH is 1. The Morgan fingerprint density at radius 2 is 1.64 bits per heavy atom. The molecular formula is C31H37N3O5+2. The highest BCUT2D eigenvalue weighted by molar-refractivity contribution is 6.25. The monoisotopic (exact) mass is 531 g/mol. The molecule has 0 aliphatic carbocycles. The standard InChI is InChI=1S/C31H35N3O5/c1-3-6-22-11-12-27(28(19-22)38-2)39-21-24(35)20-33-15-13-32(14-16-33)17-18-34-30(36)25-9-4-7-23-8-5-10-26(29(23)25)31(34)37/h3-5,7-12,19,24,35H,1,6,13-18,20-21H2,2H3/p+2/t24-/m0/s1. The van der Waals surface area contributed by atoms with Gasteiger partial charge in [-0.05, 0) is 41.6 Å². The molecular weight excluding hydrogens is 494 g/mol. The zero-order valence-corrected chi connectivity index (χ0v) is 22.4. The number of aliphatic hydroxyl groups is 1. The number of benzene rings is 3. The van der Waals surface area contributed by atoms with E-state index in [2.05, 4.69) is 6.58 Å². The van der Waals surface area contributed by atoms with Crippen LogP contribution < -0.4 is 19.3 Å². The van der Waals surface area contributed by atoms with E-state index in [-0.39, 0.29) is 18.4 Å². The van der Waals surface area contributed by atoms with Crippen LogP contribution in [-0.2, 0) is 6.42 Å². The highest BCUT2D eigenvalue weighted by atomic mass is 16.5. The molecule has 1 fully saturated rings. The van der Waals surface area contributed by atoms with E-state index in [0.717, 1.165) is 55.5 Å². The number of carbonyl (C=O) groups is 2. The molecule has 0 aromatic heterocycles. The fraction of sp³-hybridized carbons (Fsp3) is 0.355. The summed E-state index contributed by atoms with van der Waals surface area (Å²) in [6, 6.07) is 17.0. The summed E-state index contributed by atoms with van der Waals surface area (Å²) in [4.78, 5) is 30.4. The van der Waals surface area contributed by atoms with Crippen molar-refractivity contribution in [1.29, 1.82) is 0 Å². The number of quaternary nitrogens is 2. The third kappa shape index (κ3) is 5.83. The second-order valence-electron chi connectivity index (χ2n) is 10.4. The van der Waals surface area contributed by atoms with Gasteiger partial charge in [0.25, 0.3) is 11.8 Å². The van der Waals surface area contributed by atoms with Gasteiger partial charge < -0.3 is 24.4 Å². The molecule has 1 atom stereocenters. The van der Waals surface area contributed by atoms with Gasteiger partial charge in [0.05, 0.1) is 20.2 Å². The Hall–Kier alpha value is -3.72. The third-order valence-electron chi connectivity index (χ3n) is 7.77. The van der Waals surface area contributed by atoms with E-state index in [1.165, 1.54) is 14.7 Å². The fourth-order valence-electron chi connectivity index (χ4n) is 5.67. The maximum Gasteiger partial charge on any atom is 0.261 e. The lowest BCUT2D eigenvalue weighted by molar-refractivity contribution is -1.01. The van der Waals surface area contributed by atoms with E-state index in [1.807, 2.05) is 60.7 Å². The van der Waals surface area contributed by atoms with Crippen molar-refractivity contribution in [1.82, 2.24) is 4.90 Å². The van der Waals surface area contributed by atoms with Crippen molar-refractivity contribution in [2.45, 2.75) is 12.5 Å². The van der Waals surface area contributed by atoms with Crippen LogP contribution in [0.1, 0.15) is 26.3 Å². The minimum Gasteiger partial charge on any atom is -0.493 e. The minimum atomic E-state index is -0.592. The average Bonchev–Trinajstić information content (AvgIpc) is 2.96. The number of amides is 2. The van der Waals surface area contributed by atoms with Crippen molar-refractivity contribution < 1.29 is 34.0 Å². The molecule has 0 radical (unpaired) electrons. The van der Waals surface area contributed by atoms with Gasteiger partial charge in [-0.1, -0.05) is 36.4 Å². The van der Waals surface area contributed by atoms with Gasteiger partial charge in [-0.3, -0.25) is 14.5 Å². The second-order valence-corrected chi connectivity index (χ2v) is 10.4. The molecule has 0 bridgehead atoms. The molecule has 0 unspecified atom stereocenters. The first kappa shape index (κ1) is 26.9. The molecule has 3 aromatic carbocycles. The van der Waals surface area contributed by atoms with Gasteiger partial charge in [-0.25, -0.2) is 0 Å². The minimum absolute atomic E-state index is 0.199. The lowest BCUT2D eigenvalue weighted by atomic mass is 9.94. The first-order valence-corrected chi connectivity index (χ1v) is 13.6. The Morgan fingerprint density at radius 1 is 0.974 bits per heavy atom. The van der Waals surface area contributed by atoms with Gasteiger partial charge in [0.15, 0.2) is 11.5 Å². The molecule has 39 heavy (non-hydrogen) atoms. The summed E-state index contributed by atoms with van der Waals surface area (Å²) in [6.45, 7) is 9.36. The van der Waals surface area contributed by atoms with Crippen LogP contribution in [0.15, 0.2) is 67.3 Å². The summed E-state index contributed by atoms with van der Waals surface area (Å²) in [6.07, 6.45) is 2.01. The van der Waals surface area contributed by atoms with E-state index in [1.54, 1.807) is 7.11 Å². The van der Waals surface area contributed by atoms with Crippen LogP contribution in [0.4, 0.5) is 0 Å². The number of piperazine rings is 1. The molecule has 2 aliphatic heterocycles. The number of ether oxygens (including phenoxy) is 2. The number of methoxy groups -OCH3 is 1. The summed E-state index contributed by atoms with van der Waals surface area (Å²) < 4.78 is 11.3. The van der Waals surface area contributed by atoms with Crippen LogP contribution in [0.5, 0.6) is 11.5 Å². The highest BCUT2D eigenvalue weighted by Gasteiger charge is 2.34. The number of rotatable bonds is 11. The van der Waals surface area contributed by atoms with E-state index in [0.29, 0.717) is 35.7 Å². The van der Waals surface area contributed by atoms with Crippen molar-refractivity contribution in [3.05, 3.63) is 83.9 Å². The van der Waals surface area contributed by atoms with Crippen LogP contribution in [0.3, 0.4) is 0 Å². The molecule has 8 heteroatoms. The Bertz CT molecular complexity index is 1310. The molecule has 3 aromatic rings. The first-order valence-electron chi connectivity index (χ1n) is 13.6. The van der Waals surface area contributed by atoms with Gasteiger partial charge in [-0.15, -0.1) is 6.58 Å². The van der Waals surface area contributed by atoms with Gasteiger partial charge in [0.1, 0.15) is 45.4 Å². The fourth-order valence-corrected chi connectivity index (χ4v) is 5.67. The zero-order valence-electron chi connectivity index (χ0n) is 22.4. The molecule has 204 valence electrons. The third-order valence-corrected chi connectivity index (χ3v) is 7.77. The van der Waals surface area contributed by atoms with Crippen LogP contribution in [0.25, 0.3) is 10.8 Å². The van der Waals surface area contributed by atoms with Gasteiger partial charge in [0.2, 0.25) is 0 Å². The molecule has 2 heterocycles. The number of carbonyl (C=O) groups excluding carboxylic acids is 2. The summed E-state index contributed by atoms with van der Waals surface area (Å²) in [7, 11) is 1.61. The molecule has 1 saturated heterocycles. The Kier molecular flexibility index (Phi) is 8.26. The van der Waals surface area contributed by atoms with Crippen LogP contribution in [0.2, 0.25) is 0 Å². The number of imide groups is 1. The largest absolute Gasteiger partial charge is 0.493 e. The summed E-state index contributed by atoms with van der Waals surface area (Å²) >= 11 is 0.